The van der Waals surface area contributed by atoms with E-state index in [-0.39, 0.29) is 47.3 Å². The SMILES string of the molecule is COc1cc(P)c(OC2CCC(C)(C(=O)OI)CC2)cc1C(=O)N[C@@H]1[C@H]2CC[C@H](C2)[C@@H]1C(=O)N[C@@H]1CCCC1(C)C. The Labute approximate surface area is 260 Å². The van der Waals surface area contributed by atoms with E-state index in [1.165, 1.54) is 0 Å². The van der Waals surface area contributed by atoms with Gasteiger partial charge in [-0.15, -0.1) is 9.24 Å². The van der Waals surface area contributed by atoms with Crippen LogP contribution in [-0.4, -0.2) is 43.1 Å². The molecule has 5 rings (SSSR count). The third-order valence-electron chi connectivity index (χ3n) is 10.6. The number of ether oxygens (including phenoxy) is 2. The standard InChI is InChI=1S/C31H44IN2O6P/c1-30(2)11-5-6-24(30)33-28(36)25-17-7-8-18(14-17)26(25)34-27(35)20-15-22(23(41)16-21(20)38-4)39-19-9-12-31(3,13-10-19)29(37)40-32/h15-19,24-26H,5-14,41H2,1-4H3,(H,33,36)(H,34,35)/t17-,18+,19?,24-,25+,26-,31?/m1/s1. The van der Waals surface area contributed by atoms with Crippen molar-refractivity contribution in [2.24, 2.45) is 28.6 Å². The Morgan fingerprint density at radius 2 is 1.66 bits per heavy atom. The van der Waals surface area contributed by atoms with Crippen LogP contribution in [0.1, 0.15) is 95.3 Å². The molecule has 1 aromatic carbocycles. The summed E-state index contributed by atoms with van der Waals surface area (Å²) >= 11 is 1.65. The zero-order valence-electron chi connectivity index (χ0n) is 24.6. The average molecular weight is 699 g/mol. The predicted octanol–water partition coefficient (Wildman–Crippen LogP) is 5.26. The highest BCUT2D eigenvalue weighted by Gasteiger charge is 2.52. The van der Waals surface area contributed by atoms with Crippen molar-refractivity contribution in [3.8, 4) is 11.5 Å². The smallest absolute Gasteiger partial charge is 0.321 e. The Morgan fingerprint density at radius 3 is 2.29 bits per heavy atom. The van der Waals surface area contributed by atoms with Crippen molar-refractivity contribution in [2.75, 3.05) is 7.11 Å². The van der Waals surface area contributed by atoms with Crippen molar-refractivity contribution in [2.45, 2.75) is 103 Å². The lowest BCUT2D eigenvalue weighted by molar-refractivity contribution is -0.144. The van der Waals surface area contributed by atoms with Crippen molar-refractivity contribution < 1.29 is 26.9 Å². The van der Waals surface area contributed by atoms with E-state index in [0.29, 0.717) is 41.7 Å². The van der Waals surface area contributed by atoms with Gasteiger partial charge in [-0.25, -0.2) is 0 Å². The molecule has 0 spiro atoms. The molecule has 2 bridgehead atoms. The normalized spacial score (nSPS) is 33.7. The molecular weight excluding hydrogens is 654 g/mol. The largest absolute Gasteiger partial charge is 0.496 e. The first-order valence-electron chi connectivity index (χ1n) is 15.0. The number of hydrogen-bond acceptors (Lipinski definition) is 6. The number of nitrogens with one attached hydrogen (secondary N) is 2. The van der Waals surface area contributed by atoms with Crippen LogP contribution in [0.25, 0.3) is 0 Å². The number of fused-ring (bicyclic) bond motifs is 2. The first-order valence-corrected chi connectivity index (χ1v) is 16.5. The quantitative estimate of drug-likeness (QED) is 0.284. The van der Waals surface area contributed by atoms with E-state index in [9.17, 15) is 14.4 Å². The average Bonchev–Trinajstić information content (AvgIpc) is 3.65. The Bertz CT molecular complexity index is 1180. The summed E-state index contributed by atoms with van der Waals surface area (Å²) in [4.78, 5) is 39.6. The summed E-state index contributed by atoms with van der Waals surface area (Å²) in [6.45, 7) is 6.41. The van der Waals surface area contributed by atoms with Gasteiger partial charge >= 0.3 is 5.97 Å². The minimum Gasteiger partial charge on any atom is -0.496 e. The minimum absolute atomic E-state index is 0.0628. The van der Waals surface area contributed by atoms with Gasteiger partial charge in [-0.1, -0.05) is 20.3 Å². The van der Waals surface area contributed by atoms with Crippen LogP contribution in [0, 0.1) is 28.6 Å². The van der Waals surface area contributed by atoms with Gasteiger partial charge in [-0.05, 0) is 94.1 Å². The topological polar surface area (TPSA) is 103 Å². The van der Waals surface area contributed by atoms with E-state index in [1.807, 2.05) is 13.0 Å². The molecule has 4 fully saturated rings. The van der Waals surface area contributed by atoms with Crippen molar-refractivity contribution in [1.29, 1.82) is 0 Å². The Morgan fingerprint density at radius 1 is 0.951 bits per heavy atom. The number of carbonyl (C=O) groups is 3. The maximum atomic E-state index is 13.8. The highest BCUT2D eigenvalue weighted by atomic mass is 127. The highest BCUT2D eigenvalue weighted by molar-refractivity contribution is 14.1. The molecule has 4 aliphatic carbocycles. The maximum Gasteiger partial charge on any atom is 0.321 e. The highest BCUT2D eigenvalue weighted by Crippen LogP contribution is 2.49. The lowest BCUT2D eigenvalue weighted by atomic mass is 9.75. The van der Waals surface area contributed by atoms with E-state index in [1.54, 1.807) is 36.2 Å². The monoisotopic (exact) mass is 698 g/mol. The van der Waals surface area contributed by atoms with Crippen LogP contribution in [0.4, 0.5) is 0 Å². The summed E-state index contributed by atoms with van der Waals surface area (Å²) in [7, 11) is 4.23. The molecule has 4 saturated carbocycles. The molecule has 1 aromatic rings. The molecule has 0 aliphatic heterocycles. The minimum atomic E-state index is -0.493. The fourth-order valence-corrected chi connectivity index (χ4v) is 8.65. The first kappa shape index (κ1) is 30.8. The molecule has 6 atom stereocenters. The third-order valence-corrected chi connectivity index (χ3v) is 11.4. The molecule has 41 heavy (non-hydrogen) atoms. The fourth-order valence-electron chi connectivity index (χ4n) is 7.81. The number of hydrogen-bond donors (Lipinski definition) is 2. The zero-order chi connectivity index (χ0) is 29.5. The predicted molar refractivity (Wildman–Crippen MR) is 169 cm³/mol. The molecule has 226 valence electrons. The Kier molecular flexibility index (Phi) is 9.16. The van der Waals surface area contributed by atoms with Crippen molar-refractivity contribution in [3.05, 3.63) is 17.7 Å². The van der Waals surface area contributed by atoms with Gasteiger partial charge in [0.25, 0.3) is 5.91 Å². The molecule has 0 aromatic heterocycles. The summed E-state index contributed by atoms with van der Waals surface area (Å²) in [5.41, 5.74) is 0.0139. The van der Waals surface area contributed by atoms with E-state index >= 15 is 0 Å². The van der Waals surface area contributed by atoms with Crippen molar-refractivity contribution in [1.82, 2.24) is 10.6 Å². The number of benzene rings is 1. The Hall–Kier alpha value is -1.61. The van der Waals surface area contributed by atoms with E-state index in [4.69, 9.17) is 12.5 Å². The van der Waals surface area contributed by atoms with Crippen LogP contribution in [-0.2, 0) is 12.7 Å². The van der Waals surface area contributed by atoms with Crippen molar-refractivity contribution >= 4 is 55.3 Å². The molecule has 0 saturated heterocycles. The van der Waals surface area contributed by atoms with Gasteiger partial charge < -0.3 is 23.2 Å². The molecule has 4 aliphatic rings. The summed E-state index contributed by atoms with van der Waals surface area (Å²) in [6, 6.07) is 3.56. The van der Waals surface area contributed by atoms with Gasteiger partial charge in [0.15, 0.2) is 23.0 Å². The van der Waals surface area contributed by atoms with E-state index in [2.05, 4.69) is 33.7 Å². The van der Waals surface area contributed by atoms with Crippen LogP contribution in [0.3, 0.4) is 0 Å². The fraction of sp³-hybridized carbons (Fsp3) is 0.710. The van der Waals surface area contributed by atoms with Crippen molar-refractivity contribution in [3.63, 3.8) is 0 Å². The number of carbonyl (C=O) groups excluding carboxylic acids is 3. The molecule has 8 nitrogen and oxygen atoms in total. The van der Waals surface area contributed by atoms with E-state index < -0.39 is 5.41 Å². The molecule has 1 unspecified atom stereocenters. The molecule has 2 amide bonds. The van der Waals surface area contributed by atoms with Crippen LogP contribution in [0.5, 0.6) is 11.5 Å². The summed E-state index contributed by atoms with van der Waals surface area (Å²) in [5.74, 6) is 1.16. The third kappa shape index (κ3) is 6.22. The first-order chi connectivity index (χ1) is 19.5. The second-order valence-electron chi connectivity index (χ2n) is 13.6. The molecule has 0 heterocycles. The van der Waals surface area contributed by atoms with Gasteiger partial charge in [-0.3, -0.25) is 14.4 Å². The molecule has 0 radical (unpaired) electrons. The number of amides is 2. The molecule has 2 N–H and O–H groups in total. The molecular formula is C31H44IN2O6P. The van der Waals surface area contributed by atoms with Crippen LogP contribution < -0.4 is 25.4 Å². The second kappa shape index (κ2) is 12.2. The van der Waals surface area contributed by atoms with Gasteiger partial charge in [0.05, 0.1) is 30.1 Å². The Balaban J connectivity index is 1.29. The van der Waals surface area contributed by atoms with E-state index in [0.717, 1.165) is 56.7 Å². The van der Waals surface area contributed by atoms with Gasteiger partial charge in [-0.2, -0.15) is 0 Å². The lowest BCUT2D eigenvalue weighted by Crippen LogP contribution is -2.53. The summed E-state index contributed by atoms with van der Waals surface area (Å²) in [6.07, 6.45) is 9.08. The van der Waals surface area contributed by atoms with Gasteiger partial charge in [0.2, 0.25) is 5.91 Å². The van der Waals surface area contributed by atoms with Crippen LogP contribution in [0.15, 0.2) is 12.1 Å². The number of halogens is 1. The second-order valence-corrected chi connectivity index (χ2v) is 14.7. The van der Waals surface area contributed by atoms with Crippen LogP contribution in [0.2, 0.25) is 0 Å². The van der Waals surface area contributed by atoms with Gasteiger partial charge in [0.1, 0.15) is 11.5 Å². The number of methoxy groups -OCH3 is 1. The summed E-state index contributed by atoms with van der Waals surface area (Å²) < 4.78 is 17.0. The molecule has 10 heteroatoms. The zero-order valence-corrected chi connectivity index (χ0v) is 27.9. The number of rotatable bonds is 8. The summed E-state index contributed by atoms with van der Waals surface area (Å²) in [5, 5.41) is 7.44. The van der Waals surface area contributed by atoms with Gasteiger partial charge in [0, 0.05) is 17.4 Å². The maximum absolute atomic E-state index is 13.8. The van der Waals surface area contributed by atoms with Crippen LogP contribution >= 0.6 is 32.2 Å². The lowest BCUT2D eigenvalue weighted by Gasteiger charge is -2.35.